The highest BCUT2D eigenvalue weighted by Gasteiger charge is 2.12. The van der Waals surface area contributed by atoms with Crippen LogP contribution in [0.15, 0.2) is 18.3 Å². The zero-order valence-electron chi connectivity index (χ0n) is 8.58. The van der Waals surface area contributed by atoms with Gasteiger partial charge >= 0.3 is 0 Å². The van der Waals surface area contributed by atoms with Gasteiger partial charge in [0.15, 0.2) is 0 Å². The van der Waals surface area contributed by atoms with Gasteiger partial charge in [0.25, 0.3) is 0 Å². The van der Waals surface area contributed by atoms with Gasteiger partial charge in [-0.15, -0.1) is 11.6 Å². The second kappa shape index (κ2) is 3.28. The van der Waals surface area contributed by atoms with E-state index >= 15 is 0 Å². The molecule has 2 aromatic rings. The van der Waals surface area contributed by atoms with Crippen LogP contribution in [0.1, 0.15) is 29.3 Å². The van der Waals surface area contributed by atoms with Gasteiger partial charge in [-0.25, -0.2) is 4.98 Å². The van der Waals surface area contributed by atoms with Crippen molar-refractivity contribution in [1.82, 2.24) is 9.38 Å². The Balaban J connectivity index is 2.77. The molecule has 0 amide bonds. The Bertz CT molecular complexity index is 471. The zero-order valence-corrected chi connectivity index (χ0v) is 9.34. The van der Waals surface area contributed by atoms with Crippen LogP contribution in [0.4, 0.5) is 0 Å². The smallest absolute Gasteiger partial charge is 0.137 e. The number of fused-ring (bicyclic) bond motifs is 1. The standard InChI is InChI=1S/C11H13ClN2/c1-7-4-5-14-10(6-7)13-9(3)11(14)8(2)12/h4-6,8H,1-3H3. The molecule has 0 spiro atoms. The minimum Gasteiger partial charge on any atom is -0.302 e. The van der Waals surface area contributed by atoms with Crippen molar-refractivity contribution in [2.45, 2.75) is 26.1 Å². The van der Waals surface area contributed by atoms with Crippen LogP contribution < -0.4 is 0 Å². The summed E-state index contributed by atoms with van der Waals surface area (Å²) in [7, 11) is 0. The predicted molar refractivity (Wildman–Crippen MR) is 58.9 cm³/mol. The molecule has 14 heavy (non-hydrogen) atoms. The first-order valence-electron chi connectivity index (χ1n) is 4.69. The van der Waals surface area contributed by atoms with E-state index in [9.17, 15) is 0 Å². The first-order chi connectivity index (χ1) is 6.59. The molecule has 0 N–H and O–H groups in total. The molecule has 0 aliphatic rings. The number of hydrogen-bond donors (Lipinski definition) is 0. The quantitative estimate of drug-likeness (QED) is 0.658. The summed E-state index contributed by atoms with van der Waals surface area (Å²) in [5, 5.41) is -0.00675. The van der Waals surface area contributed by atoms with Gasteiger partial charge < -0.3 is 4.40 Å². The van der Waals surface area contributed by atoms with E-state index in [1.54, 1.807) is 0 Å². The number of alkyl halides is 1. The number of rotatable bonds is 1. The van der Waals surface area contributed by atoms with E-state index < -0.39 is 0 Å². The summed E-state index contributed by atoms with van der Waals surface area (Å²) >= 11 is 6.11. The zero-order chi connectivity index (χ0) is 10.3. The first-order valence-corrected chi connectivity index (χ1v) is 5.12. The van der Waals surface area contributed by atoms with Crippen LogP contribution in [0.3, 0.4) is 0 Å². The molecule has 0 aliphatic carbocycles. The summed E-state index contributed by atoms with van der Waals surface area (Å²) in [4.78, 5) is 4.47. The van der Waals surface area contributed by atoms with Gasteiger partial charge in [-0.05, 0) is 38.5 Å². The van der Waals surface area contributed by atoms with Gasteiger partial charge in [0.2, 0.25) is 0 Å². The summed E-state index contributed by atoms with van der Waals surface area (Å²) in [5.74, 6) is 0. The molecule has 1 unspecified atom stereocenters. The van der Waals surface area contributed by atoms with E-state index in [1.165, 1.54) is 5.56 Å². The van der Waals surface area contributed by atoms with E-state index in [0.29, 0.717) is 0 Å². The topological polar surface area (TPSA) is 17.3 Å². The second-order valence-corrected chi connectivity index (χ2v) is 4.29. The van der Waals surface area contributed by atoms with Crippen LogP contribution >= 0.6 is 11.6 Å². The number of aromatic nitrogens is 2. The van der Waals surface area contributed by atoms with Gasteiger partial charge in [-0.3, -0.25) is 0 Å². The van der Waals surface area contributed by atoms with E-state index in [-0.39, 0.29) is 5.38 Å². The van der Waals surface area contributed by atoms with Crippen molar-refractivity contribution >= 4 is 17.2 Å². The Morgan fingerprint density at radius 3 is 2.79 bits per heavy atom. The molecule has 2 aromatic heterocycles. The maximum Gasteiger partial charge on any atom is 0.137 e. The number of hydrogen-bond acceptors (Lipinski definition) is 1. The fourth-order valence-electron chi connectivity index (χ4n) is 1.76. The third-order valence-corrected chi connectivity index (χ3v) is 2.59. The van der Waals surface area contributed by atoms with Crippen LogP contribution in [-0.4, -0.2) is 9.38 Å². The Kier molecular flexibility index (Phi) is 2.23. The Morgan fingerprint density at radius 2 is 2.14 bits per heavy atom. The van der Waals surface area contributed by atoms with E-state index in [1.807, 2.05) is 20.0 Å². The van der Waals surface area contributed by atoms with Crippen LogP contribution in [0, 0.1) is 13.8 Å². The molecule has 74 valence electrons. The molecule has 0 radical (unpaired) electrons. The number of pyridine rings is 1. The molecule has 0 saturated heterocycles. The SMILES string of the molecule is Cc1ccn2c(C(C)Cl)c(C)nc2c1. The molecule has 2 heterocycles. The Morgan fingerprint density at radius 1 is 1.43 bits per heavy atom. The van der Waals surface area contributed by atoms with Gasteiger partial charge in [0, 0.05) is 6.20 Å². The summed E-state index contributed by atoms with van der Waals surface area (Å²) < 4.78 is 2.06. The van der Waals surface area contributed by atoms with E-state index in [0.717, 1.165) is 17.0 Å². The Labute approximate surface area is 88.5 Å². The van der Waals surface area contributed by atoms with Crippen LogP contribution in [0.25, 0.3) is 5.65 Å². The van der Waals surface area contributed by atoms with Crippen molar-refractivity contribution in [3.8, 4) is 0 Å². The lowest BCUT2D eigenvalue weighted by molar-refractivity contribution is 0.945. The molecule has 3 heteroatoms. The number of imidazole rings is 1. The highest BCUT2D eigenvalue weighted by atomic mass is 35.5. The minimum atomic E-state index is -0.00675. The summed E-state index contributed by atoms with van der Waals surface area (Å²) in [6, 6.07) is 4.13. The second-order valence-electron chi connectivity index (χ2n) is 3.63. The first kappa shape index (κ1) is 9.53. The molecule has 0 bridgehead atoms. The van der Waals surface area contributed by atoms with Crippen LogP contribution in [-0.2, 0) is 0 Å². The maximum absolute atomic E-state index is 6.11. The van der Waals surface area contributed by atoms with Crippen molar-refractivity contribution in [2.24, 2.45) is 0 Å². The lowest BCUT2D eigenvalue weighted by atomic mass is 10.2. The molecule has 0 aliphatic heterocycles. The lowest BCUT2D eigenvalue weighted by Crippen LogP contribution is -1.94. The normalized spacial score (nSPS) is 13.4. The van der Waals surface area contributed by atoms with E-state index in [4.69, 9.17) is 11.6 Å². The van der Waals surface area contributed by atoms with Crippen LogP contribution in [0.5, 0.6) is 0 Å². The van der Waals surface area contributed by atoms with Gasteiger partial charge in [0.1, 0.15) is 5.65 Å². The number of nitrogens with zero attached hydrogens (tertiary/aromatic N) is 2. The average molecular weight is 209 g/mol. The van der Waals surface area contributed by atoms with Crippen molar-refractivity contribution in [2.75, 3.05) is 0 Å². The molecule has 1 atom stereocenters. The summed E-state index contributed by atoms with van der Waals surface area (Å²) in [6.45, 7) is 6.03. The minimum absolute atomic E-state index is 0.00675. The number of halogens is 1. The number of aryl methyl sites for hydroxylation is 2. The van der Waals surface area contributed by atoms with Crippen LogP contribution in [0.2, 0.25) is 0 Å². The van der Waals surface area contributed by atoms with Crippen molar-refractivity contribution < 1.29 is 0 Å². The third kappa shape index (κ3) is 1.40. The van der Waals surface area contributed by atoms with Gasteiger partial charge in [-0.2, -0.15) is 0 Å². The third-order valence-electron chi connectivity index (χ3n) is 2.38. The fraction of sp³-hybridized carbons (Fsp3) is 0.364. The molecule has 2 nitrogen and oxygen atoms in total. The largest absolute Gasteiger partial charge is 0.302 e. The summed E-state index contributed by atoms with van der Waals surface area (Å²) in [5.41, 5.74) is 4.29. The van der Waals surface area contributed by atoms with E-state index in [2.05, 4.69) is 28.4 Å². The maximum atomic E-state index is 6.11. The van der Waals surface area contributed by atoms with Crippen molar-refractivity contribution in [3.63, 3.8) is 0 Å². The highest BCUT2D eigenvalue weighted by molar-refractivity contribution is 6.20. The van der Waals surface area contributed by atoms with Gasteiger partial charge in [-0.1, -0.05) is 0 Å². The molecule has 0 aromatic carbocycles. The lowest BCUT2D eigenvalue weighted by Gasteiger charge is -2.04. The van der Waals surface area contributed by atoms with Gasteiger partial charge in [0.05, 0.1) is 16.8 Å². The molecule has 0 saturated carbocycles. The summed E-state index contributed by atoms with van der Waals surface area (Å²) in [6.07, 6.45) is 2.03. The monoisotopic (exact) mass is 208 g/mol. The molecular weight excluding hydrogens is 196 g/mol. The average Bonchev–Trinajstić information content (AvgIpc) is 2.39. The molecule has 0 fully saturated rings. The predicted octanol–water partition coefficient (Wildman–Crippen LogP) is 3.25. The highest BCUT2D eigenvalue weighted by Crippen LogP contribution is 2.24. The van der Waals surface area contributed by atoms with Crippen molar-refractivity contribution in [3.05, 3.63) is 35.3 Å². The fourth-order valence-corrected chi connectivity index (χ4v) is 2.03. The molecular formula is C11H13ClN2. The van der Waals surface area contributed by atoms with Crippen molar-refractivity contribution in [1.29, 1.82) is 0 Å². The molecule has 2 rings (SSSR count). The Hall–Kier alpha value is -1.02.